The molecule has 0 radical (unpaired) electrons. The average Bonchev–Trinajstić information content (AvgIpc) is 2.71. The number of anilines is 1. The van der Waals surface area contributed by atoms with Crippen molar-refractivity contribution < 1.29 is 4.79 Å². The minimum Gasteiger partial charge on any atom is -0.324 e. The fourth-order valence-electron chi connectivity index (χ4n) is 2.79. The second-order valence-corrected chi connectivity index (χ2v) is 7.58. The van der Waals surface area contributed by atoms with Gasteiger partial charge in [-0.1, -0.05) is 43.0 Å². The van der Waals surface area contributed by atoms with Gasteiger partial charge in [0.15, 0.2) is 5.16 Å². The summed E-state index contributed by atoms with van der Waals surface area (Å²) in [4.78, 5) is 30.1. The predicted molar refractivity (Wildman–Crippen MR) is 111 cm³/mol. The van der Waals surface area contributed by atoms with E-state index in [-0.39, 0.29) is 11.5 Å². The number of nitrogens with one attached hydrogen (secondary N) is 1. The largest absolute Gasteiger partial charge is 0.324 e. The van der Waals surface area contributed by atoms with Crippen LogP contribution in [0.25, 0.3) is 10.9 Å². The molecule has 1 atom stereocenters. The lowest BCUT2D eigenvalue weighted by atomic mass is 10.2. The molecule has 0 bridgehead atoms. The van der Waals surface area contributed by atoms with E-state index in [0.717, 1.165) is 6.42 Å². The molecular weight excluding hydrogens is 372 g/mol. The first-order chi connectivity index (χ1) is 13.5. The second kappa shape index (κ2) is 8.72. The molecule has 142 valence electrons. The first-order valence-corrected chi connectivity index (χ1v) is 9.89. The third-order valence-corrected chi connectivity index (χ3v) is 5.32. The van der Waals surface area contributed by atoms with Crippen molar-refractivity contribution >= 4 is 34.3 Å². The number of benzene rings is 2. The summed E-state index contributed by atoms with van der Waals surface area (Å²) in [5, 5.41) is 12.6. The highest BCUT2D eigenvalue weighted by Gasteiger charge is 2.20. The number of carbonyl (C=O) groups excluding carboxylic acids is 1. The Balaban J connectivity index is 1.89. The highest BCUT2D eigenvalue weighted by atomic mass is 32.2. The van der Waals surface area contributed by atoms with Crippen molar-refractivity contribution in [2.24, 2.45) is 0 Å². The summed E-state index contributed by atoms with van der Waals surface area (Å²) in [5.41, 5.74) is 1.39. The predicted octanol–water partition coefficient (Wildman–Crippen LogP) is 3.80. The maximum atomic E-state index is 12.8. The molecule has 0 spiro atoms. The van der Waals surface area contributed by atoms with Crippen molar-refractivity contribution in [2.45, 2.75) is 37.2 Å². The number of aromatic nitrogens is 2. The van der Waals surface area contributed by atoms with Gasteiger partial charge in [0, 0.05) is 6.54 Å². The van der Waals surface area contributed by atoms with Gasteiger partial charge in [-0.15, -0.1) is 0 Å². The van der Waals surface area contributed by atoms with Crippen molar-refractivity contribution in [2.75, 3.05) is 5.32 Å². The molecule has 1 unspecified atom stereocenters. The third-order valence-electron chi connectivity index (χ3n) is 4.23. The first kappa shape index (κ1) is 19.6. The molecule has 0 aliphatic rings. The number of hydrogen-bond acceptors (Lipinski definition) is 5. The molecule has 1 heterocycles. The number of nitriles is 1. The summed E-state index contributed by atoms with van der Waals surface area (Å²) in [6.45, 7) is 4.28. The van der Waals surface area contributed by atoms with Crippen LogP contribution in [0.5, 0.6) is 0 Å². The molecule has 7 heteroatoms. The van der Waals surface area contributed by atoms with E-state index in [2.05, 4.69) is 16.4 Å². The zero-order valence-corrected chi connectivity index (χ0v) is 16.5. The Bertz CT molecular complexity index is 1120. The summed E-state index contributed by atoms with van der Waals surface area (Å²) in [6.07, 6.45) is 0.781. The Kier molecular flexibility index (Phi) is 6.12. The van der Waals surface area contributed by atoms with E-state index >= 15 is 0 Å². The van der Waals surface area contributed by atoms with Gasteiger partial charge in [-0.25, -0.2) is 4.98 Å². The monoisotopic (exact) mass is 392 g/mol. The molecule has 0 saturated carbocycles. The summed E-state index contributed by atoms with van der Waals surface area (Å²) in [7, 11) is 0. The molecule has 6 nitrogen and oxygen atoms in total. The van der Waals surface area contributed by atoms with Gasteiger partial charge < -0.3 is 5.32 Å². The van der Waals surface area contributed by atoms with E-state index in [1.165, 1.54) is 11.8 Å². The van der Waals surface area contributed by atoms with E-state index in [9.17, 15) is 14.9 Å². The number of nitrogens with zero attached hydrogens (tertiary/aromatic N) is 3. The zero-order chi connectivity index (χ0) is 20.1. The van der Waals surface area contributed by atoms with Crippen LogP contribution in [0, 0.1) is 11.3 Å². The number of fused-ring (bicyclic) bond motifs is 1. The number of carbonyl (C=O) groups is 1. The van der Waals surface area contributed by atoms with Gasteiger partial charge in [0.05, 0.1) is 27.4 Å². The molecule has 2 aromatic carbocycles. The molecule has 0 fully saturated rings. The Morgan fingerprint density at radius 3 is 2.71 bits per heavy atom. The van der Waals surface area contributed by atoms with Gasteiger partial charge in [-0.05, 0) is 37.6 Å². The molecular formula is C21H20N4O2S. The van der Waals surface area contributed by atoms with Gasteiger partial charge in [0.2, 0.25) is 5.91 Å². The number of para-hydroxylation sites is 2. The topological polar surface area (TPSA) is 87.8 Å². The smallest absolute Gasteiger partial charge is 0.262 e. The van der Waals surface area contributed by atoms with Crippen LogP contribution in [-0.2, 0) is 11.3 Å². The molecule has 28 heavy (non-hydrogen) atoms. The fraction of sp³-hybridized carbons (Fsp3) is 0.238. The third kappa shape index (κ3) is 4.07. The maximum Gasteiger partial charge on any atom is 0.262 e. The zero-order valence-electron chi connectivity index (χ0n) is 15.7. The quantitative estimate of drug-likeness (QED) is 0.509. The van der Waals surface area contributed by atoms with Crippen LogP contribution in [0.3, 0.4) is 0 Å². The molecule has 3 aromatic rings. The average molecular weight is 392 g/mol. The van der Waals surface area contributed by atoms with Crippen LogP contribution in [0.15, 0.2) is 58.5 Å². The van der Waals surface area contributed by atoms with E-state index in [4.69, 9.17) is 0 Å². The first-order valence-electron chi connectivity index (χ1n) is 9.01. The van der Waals surface area contributed by atoms with Gasteiger partial charge >= 0.3 is 0 Å². The Morgan fingerprint density at radius 1 is 1.25 bits per heavy atom. The fourth-order valence-corrected chi connectivity index (χ4v) is 3.73. The molecule has 0 saturated heterocycles. The van der Waals surface area contributed by atoms with Crippen LogP contribution < -0.4 is 10.9 Å². The molecule has 1 amide bonds. The van der Waals surface area contributed by atoms with Crippen molar-refractivity contribution in [3.05, 3.63) is 64.4 Å². The highest BCUT2D eigenvalue weighted by Crippen LogP contribution is 2.24. The number of thioether (sulfide) groups is 1. The number of rotatable bonds is 6. The lowest BCUT2D eigenvalue weighted by Crippen LogP contribution is -2.27. The Hall–Kier alpha value is -3.11. The number of hydrogen-bond donors (Lipinski definition) is 1. The summed E-state index contributed by atoms with van der Waals surface area (Å²) < 4.78 is 1.63. The normalized spacial score (nSPS) is 11.8. The molecule has 1 N–H and O–H groups in total. The lowest BCUT2D eigenvalue weighted by Gasteiger charge is -2.16. The van der Waals surface area contributed by atoms with Gasteiger partial charge in [-0.2, -0.15) is 5.26 Å². The van der Waals surface area contributed by atoms with Crippen LogP contribution in [0.2, 0.25) is 0 Å². The van der Waals surface area contributed by atoms with Crippen LogP contribution in [-0.4, -0.2) is 20.7 Å². The van der Waals surface area contributed by atoms with Crippen LogP contribution in [0.4, 0.5) is 5.69 Å². The molecule has 0 aliphatic heterocycles. The van der Waals surface area contributed by atoms with Crippen molar-refractivity contribution in [3.63, 3.8) is 0 Å². The summed E-state index contributed by atoms with van der Waals surface area (Å²) >= 11 is 1.24. The Labute approximate surface area is 167 Å². The van der Waals surface area contributed by atoms with Crippen molar-refractivity contribution in [1.29, 1.82) is 5.26 Å². The number of amides is 1. The Morgan fingerprint density at radius 2 is 1.96 bits per heavy atom. The minimum absolute atomic E-state index is 0.0996. The van der Waals surface area contributed by atoms with Crippen LogP contribution >= 0.6 is 11.8 Å². The van der Waals surface area contributed by atoms with Crippen molar-refractivity contribution in [1.82, 2.24) is 9.55 Å². The van der Waals surface area contributed by atoms with E-state index in [1.807, 2.05) is 19.1 Å². The lowest BCUT2D eigenvalue weighted by molar-refractivity contribution is -0.115. The van der Waals surface area contributed by atoms with E-state index < -0.39 is 5.25 Å². The SMILES string of the molecule is CCCn1c(SC(C)C(=O)Nc2ccccc2C#N)nc2ccccc2c1=O. The highest BCUT2D eigenvalue weighted by molar-refractivity contribution is 8.00. The van der Waals surface area contributed by atoms with E-state index in [0.29, 0.717) is 33.9 Å². The second-order valence-electron chi connectivity index (χ2n) is 6.28. The van der Waals surface area contributed by atoms with Crippen LogP contribution in [0.1, 0.15) is 25.8 Å². The van der Waals surface area contributed by atoms with Crippen molar-refractivity contribution in [3.8, 4) is 6.07 Å². The minimum atomic E-state index is -0.497. The summed E-state index contributed by atoms with van der Waals surface area (Å²) in [5.74, 6) is -0.252. The standard InChI is InChI=1S/C21H20N4O2S/c1-3-12-25-20(27)16-9-5-7-11-18(16)24-21(25)28-14(2)19(26)23-17-10-6-4-8-15(17)13-22/h4-11,14H,3,12H2,1-2H3,(H,23,26). The molecule has 3 rings (SSSR count). The maximum absolute atomic E-state index is 12.8. The molecule has 0 aliphatic carbocycles. The van der Waals surface area contributed by atoms with Gasteiger partial charge in [-0.3, -0.25) is 14.2 Å². The van der Waals surface area contributed by atoms with Gasteiger partial charge in [0.25, 0.3) is 5.56 Å². The van der Waals surface area contributed by atoms with E-state index in [1.54, 1.807) is 47.9 Å². The van der Waals surface area contributed by atoms with Gasteiger partial charge in [0.1, 0.15) is 6.07 Å². The summed E-state index contributed by atoms with van der Waals surface area (Å²) in [6, 6.07) is 16.1. The molecule has 1 aromatic heterocycles.